The predicted octanol–water partition coefficient (Wildman–Crippen LogP) is 4.02. The van der Waals surface area contributed by atoms with Crippen molar-refractivity contribution in [2.75, 3.05) is 23.3 Å². The molecule has 3 aliphatic rings. The van der Waals surface area contributed by atoms with E-state index in [1.807, 2.05) is 6.07 Å². The molecule has 1 saturated carbocycles. The number of nitrogens with one attached hydrogen (secondary N) is 1. The maximum absolute atomic E-state index is 13.4. The van der Waals surface area contributed by atoms with Crippen molar-refractivity contribution in [3.63, 3.8) is 0 Å². The third kappa shape index (κ3) is 4.52. The predicted molar refractivity (Wildman–Crippen MR) is 131 cm³/mol. The van der Waals surface area contributed by atoms with Gasteiger partial charge in [0.25, 0.3) is 11.8 Å². The van der Waals surface area contributed by atoms with Crippen LogP contribution in [-0.2, 0) is 4.79 Å². The largest absolute Gasteiger partial charge is 0.478 e. The minimum atomic E-state index is -1.15. The van der Waals surface area contributed by atoms with Crippen LogP contribution in [0.5, 0.6) is 0 Å². The second kappa shape index (κ2) is 9.17. The maximum atomic E-state index is 13.4. The molecule has 182 valence electrons. The fraction of sp³-hybridized carbons (Fsp3) is 0.407. The van der Waals surface area contributed by atoms with E-state index in [2.05, 4.69) is 17.1 Å². The fourth-order valence-corrected chi connectivity index (χ4v) is 5.14. The Morgan fingerprint density at radius 2 is 1.74 bits per heavy atom. The van der Waals surface area contributed by atoms with E-state index in [0.29, 0.717) is 12.3 Å². The molecule has 35 heavy (non-hydrogen) atoms. The highest BCUT2D eigenvalue weighted by molar-refractivity contribution is 6.23. The number of piperidine rings is 1. The van der Waals surface area contributed by atoms with Crippen LogP contribution in [0.4, 0.5) is 11.4 Å². The van der Waals surface area contributed by atoms with Gasteiger partial charge in [-0.05, 0) is 61.4 Å². The third-order valence-corrected chi connectivity index (χ3v) is 7.21. The number of aromatic carboxylic acids is 1. The lowest BCUT2D eigenvalue weighted by atomic mass is 9.99. The van der Waals surface area contributed by atoms with Gasteiger partial charge in [0, 0.05) is 18.8 Å². The lowest BCUT2D eigenvalue weighted by Gasteiger charge is -2.33. The molecule has 2 aliphatic heterocycles. The highest BCUT2D eigenvalue weighted by Crippen LogP contribution is 2.37. The lowest BCUT2D eigenvalue weighted by molar-refractivity contribution is -0.120. The molecule has 0 unspecified atom stereocenters. The Bertz CT molecular complexity index is 1170. The number of benzene rings is 2. The molecule has 0 radical (unpaired) electrons. The summed E-state index contributed by atoms with van der Waals surface area (Å²) in [5, 5.41) is 12.6. The van der Waals surface area contributed by atoms with Gasteiger partial charge in [-0.1, -0.05) is 31.9 Å². The highest BCUT2D eigenvalue weighted by atomic mass is 16.4. The van der Waals surface area contributed by atoms with Crippen molar-refractivity contribution in [2.24, 2.45) is 11.8 Å². The smallest absolute Gasteiger partial charge is 0.337 e. The highest BCUT2D eigenvalue weighted by Gasteiger charge is 2.44. The summed E-state index contributed by atoms with van der Waals surface area (Å²) in [5.74, 6) is -1.88. The molecule has 5 rings (SSSR count). The number of carboxylic acid groups (broad SMARTS) is 1. The molecular formula is C27H29N3O5. The van der Waals surface area contributed by atoms with Gasteiger partial charge in [0.2, 0.25) is 5.91 Å². The molecule has 1 aliphatic carbocycles. The summed E-state index contributed by atoms with van der Waals surface area (Å²) in [7, 11) is 0. The average molecular weight is 476 g/mol. The van der Waals surface area contributed by atoms with E-state index >= 15 is 0 Å². The first-order valence-electron chi connectivity index (χ1n) is 12.2. The van der Waals surface area contributed by atoms with E-state index in [4.69, 9.17) is 0 Å². The van der Waals surface area contributed by atoms with E-state index in [1.54, 1.807) is 36.4 Å². The van der Waals surface area contributed by atoms with Crippen molar-refractivity contribution in [2.45, 2.75) is 45.1 Å². The number of rotatable bonds is 7. The number of anilines is 2. The molecule has 2 aromatic carbocycles. The number of hydrogen-bond acceptors (Lipinski definition) is 5. The van der Waals surface area contributed by atoms with Crippen LogP contribution >= 0.6 is 0 Å². The molecular weight excluding hydrogens is 446 g/mol. The number of nitrogens with zero attached hydrogens (tertiary/aromatic N) is 2. The summed E-state index contributed by atoms with van der Waals surface area (Å²) in [5.41, 5.74) is 1.53. The van der Waals surface area contributed by atoms with Gasteiger partial charge in [0.1, 0.15) is 6.04 Å². The minimum Gasteiger partial charge on any atom is -0.478 e. The second-order valence-electron chi connectivity index (χ2n) is 9.94. The van der Waals surface area contributed by atoms with Crippen LogP contribution < -0.4 is 10.2 Å². The van der Waals surface area contributed by atoms with Crippen molar-refractivity contribution in [1.29, 1.82) is 0 Å². The zero-order valence-corrected chi connectivity index (χ0v) is 19.7. The molecule has 1 saturated heterocycles. The van der Waals surface area contributed by atoms with Crippen LogP contribution in [0.1, 0.15) is 70.1 Å². The van der Waals surface area contributed by atoms with Gasteiger partial charge in [0.05, 0.1) is 22.4 Å². The number of amides is 3. The van der Waals surface area contributed by atoms with Crippen molar-refractivity contribution < 1.29 is 24.3 Å². The van der Waals surface area contributed by atoms with Gasteiger partial charge >= 0.3 is 5.97 Å². The van der Waals surface area contributed by atoms with Crippen LogP contribution in [0, 0.1) is 11.8 Å². The van der Waals surface area contributed by atoms with E-state index in [-0.39, 0.29) is 28.3 Å². The van der Waals surface area contributed by atoms with Gasteiger partial charge in [-0.3, -0.25) is 19.3 Å². The zero-order valence-electron chi connectivity index (χ0n) is 19.7. The van der Waals surface area contributed by atoms with Gasteiger partial charge < -0.3 is 15.3 Å². The molecule has 8 heteroatoms. The summed E-state index contributed by atoms with van der Waals surface area (Å²) in [6, 6.07) is 10.6. The molecule has 2 N–H and O–H groups in total. The monoisotopic (exact) mass is 475 g/mol. The third-order valence-electron chi connectivity index (χ3n) is 7.21. The zero-order chi connectivity index (χ0) is 24.7. The van der Waals surface area contributed by atoms with Gasteiger partial charge in [-0.25, -0.2) is 4.79 Å². The van der Waals surface area contributed by atoms with Crippen molar-refractivity contribution in [1.82, 2.24) is 4.90 Å². The first-order chi connectivity index (χ1) is 16.8. The Hall–Kier alpha value is -3.68. The topological polar surface area (TPSA) is 107 Å². The number of hydrogen-bond donors (Lipinski definition) is 2. The molecule has 0 bridgehead atoms. The molecule has 2 heterocycles. The Morgan fingerprint density at radius 1 is 1.06 bits per heavy atom. The Balaban J connectivity index is 1.41. The summed E-state index contributed by atoms with van der Waals surface area (Å²) < 4.78 is 0. The van der Waals surface area contributed by atoms with E-state index in [1.165, 1.54) is 0 Å². The maximum Gasteiger partial charge on any atom is 0.337 e. The van der Waals surface area contributed by atoms with Crippen molar-refractivity contribution in [3.8, 4) is 0 Å². The van der Waals surface area contributed by atoms with Crippen LogP contribution in [0.3, 0.4) is 0 Å². The molecule has 8 nitrogen and oxygen atoms in total. The quantitative estimate of drug-likeness (QED) is 0.586. The van der Waals surface area contributed by atoms with Crippen molar-refractivity contribution >= 4 is 35.1 Å². The molecule has 3 amide bonds. The first-order valence-corrected chi connectivity index (χ1v) is 12.2. The summed E-state index contributed by atoms with van der Waals surface area (Å²) in [6.07, 6.45) is 4.44. The van der Waals surface area contributed by atoms with E-state index in [9.17, 15) is 24.3 Å². The van der Waals surface area contributed by atoms with Crippen LogP contribution in [0.2, 0.25) is 0 Å². The minimum absolute atomic E-state index is 0.0124. The molecule has 0 spiro atoms. The van der Waals surface area contributed by atoms with Crippen LogP contribution in [0.25, 0.3) is 0 Å². The van der Waals surface area contributed by atoms with Gasteiger partial charge in [-0.2, -0.15) is 0 Å². The first kappa shape index (κ1) is 23.1. The molecule has 2 fully saturated rings. The number of carbonyl (C=O) groups is 4. The number of fused-ring (bicyclic) bond motifs is 1. The fourth-order valence-electron chi connectivity index (χ4n) is 5.14. The van der Waals surface area contributed by atoms with Crippen LogP contribution in [-0.4, -0.2) is 52.8 Å². The summed E-state index contributed by atoms with van der Waals surface area (Å²) in [6.45, 7) is 3.89. The van der Waals surface area contributed by atoms with E-state index < -0.39 is 29.7 Å². The van der Waals surface area contributed by atoms with Crippen LogP contribution in [0.15, 0.2) is 42.5 Å². The molecule has 2 atom stereocenters. The van der Waals surface area contributed by atoms with E-state index in [0.717, 1.165) is 49.4 Å². The number of carbonyl (C=O) groups excluding carboxylic acids is 3. The summed E-state index contributed by atoms with van der Waals surface area (Å²) >= 11 is 0. The Morgan fingerprint density at radius 3 is 2.34 bits per heavy atom. The SMILES string of the molecule is C[C@@H]1CCCN(c2ccc(NC(=O)[C@H](CC3CC3)N3C(=O)c4ccccc4C3=O)c(C(=O)O)c2)C1. The Labute approximate surface area is 203 Å². The number of carboxylic acids is 1. The second-order valence-corrected chi connectivity index (χ2v) is 9.94. The van der Waals surface area contributed by atoms with Gasteiger partial charge in [0.15, 0.2) is 0 Å². The standard InChI is InChI=1S/C27H29N3O5/c1-16-5-4-12-29(15-16)18-10-11-22(21(14-18)27(34)35)28-24(31)23(13-17-8-9-17)30-25(32)19-6-2-3-7-20(19)26(30)33/h2-3,6-7,10-11,14,16-17,23H,4-5,8-9,12-13,15H2,1H3,(H,28,31)(H,34,35)/t16-,23+/m1/s1. The normalized spacial score (nSPS) is 20.5. The number of imide groups is 1. The average Bonchev–Trinajstić information content (AvgIpc) is 3.63. The Kier molecular flexibility index (Phi) is 6.05. The molecule has 2 aromatic rings. The lowest BCUT2D eigenvalue weighted by Crippen LogP contribution is -2.47. The summed E-state index contributed by atoms with van der Waals surface area (Å²) in [4.78, 5) is 54.8. The molecule has 0 aromatic heterocycles. The van der Waals surface area contributed by atoms with Gasteiger partial charge in [-0.15, -0.1) is 0 Å². The van der Waals surface area contributed by atoms with Crippen molar-refractivity contribution in [3.05, 3.63) is 59.2 Å².